The Balaban J connectivity index is 2.11. The minimum Gasteiger partial charge on any atom is -0.494 e. The standard InChI is InChI=1S/C14H21FN2O/c1-14(2)10-16-6-7-17(14)9-11-4-5-13(18-3)12(15)8-11/h4-5,8,16H,6-7,9-10H2,1-3H3. The van der Waals surface area contributed by atoms with Crippen LogP contribution in [-0.2, 0) is 6.54 Å². The molecular weight excluding hydrogens is 231 g/mol. The van der Waals surface area contributed by atoms with Gasteiger partial charge in [-0.3, -0.25) is 4.90 Å². The van der Waals surface area contributed by atoms with E-state index in [1.54, 1.807) is 12.1 Å². The summed E-state index contributed by atoms with van der Waals surface area (Å²) < 4.78 is 18.6. The van der Waals surface area contributed by atoms with Crippen molar-refractivity contribution in [2.24, 2.45) is 0 Å². The number of nitrogens with one attached hydrogen (secondary N) is 1. The first kappa shape index (κ1) is 13.3. The van der Waals surface area contributed by atoms with Gasteiger partial charge in [0.15, 0.2) is 11.6 Å². The first-order chi connectivity index (χ1) is 8.53. The van der Waals surface area contributed by atoms with Crippen molar-refractivity contribution < 1.29 is 9.13 Å². The molecular formula is C14H21FN2O. The summed E-state index contributed by atoms with van der Waals surface area (Å²) >= 11 is 0. The number of rotatable bonds is 3. The van der Waals surface area contributed by atoms with Gasteiger partial charge in [-0.2, -0.15) is 0 Å². The molecule has 1 saturated heterocycles. The predicted octanol–water partition coefficient (Wildman–Crippen LogP) is 2.02. The Kier molecular flexibility index (Phi) is 3.88. The van der Waals surface area contributed by atoms with Crippen LogP contribution in [0, 0.1) is 5.82 Å². The van der Waals surface area contributed by atoms with E-state index >= 15 is 0 Å². The lowest BCUT2D eigenvalue weighted by molar-refractivity contribution is 0.0826. The van der Waals surface area contributed by atoms with E-state index in [2.05, 4.69) is 24.1 Å². The van der Waals surface area contributed by atoms with Crippen LogP contribution in [0.4, 0.5) is 4.39 Å². The number of benzene rings is 1. The Morgan fingerprint density at radius 1 is 1.44 bits per heavy atom. The van der Waals surface area contributed by atoms with Crippen molar-refractivity contribution in [2.75, 3.05) is 26.7 Å². The van der Waals surface area contributed by atoms with Gasteiger partial charge in [0.25, 0.3) is 0 Å². The molecule has 0 amide bonds. The van der Waals surface area contributed by atoms with Gasteiger partial charge >= 0.3 is 0 Å². The number of ether oxygens (including phenoxy) is 1. The van der Waals surface area contributed by atoms with Crippen molar-refractivity contribution in [2.45, 2.75) is 25.9 Å². The number of nitrogens with zero attached hydrogens (tertiary/aromatic N) is 1. The lowest BCUT2D eigenvalue weighted by atomic mass is 9.99. The van der Waals surface area contributed by atoms with Crippen molar-refractivity contribution in [3.8, 4) is 5.75 Å². The minimum absolute atomic E-state index is 0.106. The number of hydrogen-bond donors (Lipinski definition) is 1. The van der Waals surface area contributed by atoms with Gasteiger partial charge < -0.3 is 10.1 Å². The predicted molar refractivity (Wildman–Crippen MR) is 70.3 cm³/mol. The first-order valence-electron chi connectivity index (χ1n) is 6.31. The third-order valence-corrected chi connectivity index (χ3v) is 3.56. The van der Waals surface area contributed by atoms with Gasteiger partial charge in [-0.15, -0.1) is 0 Å². The molecule has 2 rings (SSSR count). The number of methoxy groups -OCH3 is 1. The summed E-state index contributed by atoms with van der Waals surface area (Å²) in [4.78, 5) is 2.38. The topological polar surface area (TPSA) is 24.5 Å². The maximum Gasteiger partial charge on any atom is 0.165 e. The van der Waals surface area contributed by atoms with Gasteiger partial charge in [-0.1, -0.05) is 6.07 Å². The lowest BCUT2D eigenvalue weighted by Crippen LogP contribution is -2.57. The molecule has 1 aliphatic rings. The largest absolute Gasteiger partial charge is 0.494 e. The second-order valence-corrected chi connectivity index (χ2v) is 5.38. The molecule has 18 heavy (non-hydrogen) atoms. The van der Waals surface area contributed by atoms with Gasteiger partial charge in [-0.25, -0.2) is 4.39 Å². The highest BCUT2D eigenvalue weighted by Crippen LogP contribution is 2.22. The van der Waals surface area contributed by atoms with Crippen LogP contribution in [-0.4, -0.2) is 37.2 Å². The molecule has 1 aromatic carbocycles. The van der Waals surface area contributed by atoms with E-state index in [-0.39, 0.29) is 11.4 Å². The second kappa shape index (κ2) is 5.24. The fraction of sp³-hybridized carbons (Fsp3) is 0.571. The van der Waals surface area contributed by atoms with Gasteiger partial charge in [0, 0.05) is 31.7 Å². The van der Waals surface area contributed by atoms with E-state index in [1.165, 1.54) is 7.11 Å². The molecule has 0 saturated carbocycles. The first-order valence-corrected chi connectivity index (χ1v) is 6.31. The highest BCUT2D eigenvalue weighted by Gasteiger charge is 2.29. The molecule has 0 bridgehead atoms. The van der Waals surface area contributed by atoms with Crippen molar-refractivity contribution in [3.63, 3.8) is 0 Å². The Labute approximate surface area is 108 Å². The molecule has 1 aliphatic heterocycles. The molecule has 0 atom stereocenters. The Morgan fingerprint density at radius 3 is 2.83 bits per heavy atom. The summed E-state index contributed by atoms with van der Waals surface area (Å²) in [5, 5.41) is 3.38. The van der Waals surface area contributed by atoms with E-state index in [9.17, 15) is 4.39 Å². The van der Waals surface area contributed by atoms with Gasteiger partial charge in [0.05, 0.1) is 7.11 Å². The zero-order chi connectivity index (χ0) is 13.2. The summed E-state index contributed by atoms with van der Waals surface area (Å²) in [5.74, 6) is 0.0151. The van der Waals surface area contributed by atoms with Crippen LogP contribution >= 0.6 is 0 Å². The molecule has 0 spiro atoms. The summed E-state index contributed by atoms with van der Waals surface area (Å²) in [6.07, 6.45) is 0. The summed E-state index contributed by atoms with van der Waals surface area (Å²) in [6, 6.07) is 5.19. The maximum absolute atomic E-state index is 13.6. The molecule has 1 N–H and O–H groups in total. The van der Waals surface area contributed by atoms with Crippen LogP contribution in [0.1, 0.15) is 19.4 Å². The fourth-order valence-corrected chi connectivity index (χ4v) is 2.34. The van der Waals surface area contributed by atoms with Crippen molar-refractivity contribution in [3.05, 3.63) is 29.6 Å². The molecule has 100 valence electrons. The monoisotopic (exact) mass is 252 g/mol. The van der Waals surface area contributed by atoms with Crippen LogP contribution < -0.4 is 10.1 Å². The molecule has 0 radical (unpaired) electrons. The third kappa shape index (κ3) is 2.82. The molecule has 3 nitrogen and oxygen atoms in total. The molecule has 0 unspecified atom stereocenters. The number of hydrogen-bond acceptors (Lipinski definition) is 3. The van der Waals surface area contributed by atoms with Crippen molar-refractivity contribution in [1.82, 2.24) is 10.2 Å². The molecule has 1 heterocycles. The fourth-order valence-electron chi connectivity index (χ4n) is 2.34. The highest BCUT2D eigenvalue weighted by molar-refractivity contribution is 5.29. The molecule has 1 fully saturated rings. The summed E-state index contributed by atoms with van der Waals surface area (Å²) in [6.45, 7) is 8.13. The SMILES string of the molecule is COc1ccc(CN2CCNCC2(C)C)cc1F. The Hall–Kier alpha value is -1.13. The minimum atomic E-state index is -0.289. The average molecular weight is 252 g/mol. The van der Waals surface area contributed by atoms with E-state index in [0.717, 1.165) is 31.7 Å². The Bertz CT molecular complexity index is 420. The van der Waals surface area contributed by atoms with Crippen molar-refractivity contribution >= 4 is 0 Å². The molecule has 1 aromatic rings. The average Bonchev–Trinajstić information content (AvgIpc) is 2.32. The smallest absolute Gasteiger partial charge is 0.165 e. The molecule has 0 aromatic heterocycles. The van der Waals surface area contributed by atoms with Gasteiger partial charge in [0.2, 0.25) is 0 Å². The summed E-state index contributed by atoms with van der Waals surface area (Å²) in [7, 11) is 1.48. The number of halogens is 1. The van der Waals surface area contributed by atoms with Crippen LogP contribution in [0.25, 0.3) is 0 Å². The number of piperazine rings is 1. The van der Waals surface area contributed by atoms with Crippen LogP contribution in [0.2, 0.25) is 0 Å². The zero-order valence-corrected chi connectivity index (χ0v) is 11.3. The quantitative estimate of drug-likeness (QED) is 0.890. The van der Waals surface area contributed by atoms with Gasteiger partial charge in [0.1, 0.15) is 0 Å². The lowest BCUT2D eigenvalue weighted by Gasteiger charge is -2.42. The van der Waals surface area contributed by atoms with Gasteiger partial charge in [-0.05, 0) is 31.5 Å². The van der Waals surface area contributed by atoms with E-state index in [1.807, 2.05) is 6.07 Å². The highest BCUT2D eigenvalue weighted by atomic mass is 19.1. The molecule has 0 aliphatic carbocycles. The second-order valence-electron chi connectivity index (χ2n) is 5.38. The van der Waals surface area contributed by atoms with Crippen molar-refractivity contribution in [1.29, 1.82) is 0 Å². The Morgan fingerprint density at radius 2 is 2.22 bits per heavy atom. The van der Waals surface area contributed by atoms with E-state index < -0.39 is 0 Å². The van der Waals surface area contributed by atoms with E-state index in [4.69, 9.17) is 4.74 Å². The summed E-state index contributed by atoms with van der Waals surface area (Å²) in [5.41, 5.74) is 1.09. The maximum atomic E-state index is 13.6. The van der Waals surface area contributed by atoms with Crippen LogP contribution in [0.15, 0.2) is 18.2 Å². The normalized spacial score (nSPS) is 19.8. The van der Waals surface area contributed by atoms with Crippen LogP contribution in [0.3, 0.4) is 0 Å². The van der Waals surface area contributed by atoms with E-state index in [0.29, 0.717) is 5.75 Å². The van der Waals surface area contributed by atoms with Crippen LogP contribution in [0.5, 0.6) is 5.75 Å². The third-order valence-electron chi connectivity index (χ3n) is 3.56. The zero-order valence-electron chi connectivity index (χ0n) is 11.3. The molecule has 4 heteroatoms.